The summed E-state index contributed by atoms with van der Waals surface area (Å²) in [4.78, 5) is 11.8. The van der Waals surface area contributed by atoms with Crippen molar-refractivity contribution in [1.29, 1.82) is 0 Å². The van der Waals surface area contributed by atoms with Crippen molar-refractivity contribution in [2.75, 3.05) is 13.4 Å². The highest BCUT2D eigenvalue weighted by Gasteiger charge is 2.12. The number of nitrogens with one attached hydrogen (secondary N) is 1. The standard InChI is InChI=1S/C19H20N2O4/c1-13(2)15-4-6-16(7-5-15)23-11-19(22)21-20-10-14-3-8-17-18(9-14)25-12-24-17/h3-10,13H,11-12H2,1-2H3,(H,21,22)/b20-10-. The van der Waals surface area contributed by atoms with Gasteiger partial charge in [0.15, 0.2) is 18.1 Å². The van der Waals surface area contributed by atoms with Gasteiger partial charge in [0, 0.05) is 0 Å². The molecule has 6 nitrogen and oxygen atoms in total. The molecule has 0 aromatic heterocycles. The number of hydrazone groups is 1. The van der Waals surface area contributed by atoms with Crippen LogP contribution in [0.25, 0.3) is 0 Å². The molecule has 0 fully saturated rings. The van der Waals surface area contributed by atoms with E-state index in [9.17, 15) is 4.79 Å². The summed E-state index contributed by atoms with van der Waals surface area (Å²) in [6.45, 7) is 4.38. The molecule has 0 saturated carbocycles. The average molecular weight is 340 g/mol. The van der Waals surface area contributed by atoms with E-state index in [0.29, 0.717) is 23.2 Å². The Hall–Kier alpha value is -3.02. The highest BCUT2D eigenvalue weighted by molar-refractivity contribution is 5.83. The highest BCUT2D eigenvalue weighted by Crippen LogP contribution is 2.31. The second kappa shape index (κ2) is 7.70. The Morgan fingerprint density at radius 2 is 1.96 bits per heavy atom. The van der Waals surface area contributed by atoms with Gasteiger partial charge in [-0.3, -0.25) is 4.79 Å². The molecule has 0 atom stereocenters. The van der Waals surface area contributed by atoms with Gasteiger partial charge in [-0.2, -0.15) is 5.10 Å². The van der Waals surface area contributed by atoms with Gasteiger partial charge in [-0.15, -0.1) is 0 Å². The summed E-state index contributed by atoms with van der Waals surface area (Å²) >= 11 is 0. The number of hydrogen-bond donors (Lipinski definition) is 1. The minimum atomic E-state index is -0.329. The minimum Gasteiger partial charge on any atom is -0.484 e. The van der Waals surface area contributed by atoms with Crippen molar-refractivity contribution in [3.05, 3.63) is 53.6 Å². The Balaban J connectivity index is 1.46. The molecule has 0 radical (unpaired) electrons. The smallest absolute Gasteiger partial charge is 0.277 e. The maximum atomic E-state index is 11.8. The monoisotopic (exact) mass is 340 g/mol. The van der Waals surface area contributed by atoms with Crippen molar-refractivity contribution >= 4 is 12.1 Å². The van der Waals surface area contributed by atoms with E-state index >= 15 is 0 Å². The zero-order chi connectivity index (χ0) is 17.6. The van der Waals surface area contributed by atoms with Crippen LogP contribution in [0, 0.1) is 0 Å². The molecular formula is C19H20N2O4. The summed E-state index contributed by atoms with van der Waals surface area (Å²) in [6.07, 6.45) is 1.54. The number of nitrogens with zero attached hydrogens (tertiary/aromatic N) is 1. The van der Waals surface area contributed by atoms with Gasteiger partial charge in [0.05, 0.1) is 6.21 Å². The number of amides is 1. The lowest BCUT2D eigenvalue weighted by Gasteiger charge is -2.08. The van der Waals surface area contributed by atoms with Crippen LogP contribution in [0.4, 0.5) is 0 Å². The summed E-state index contributed by atoms with van der Waals surface area (Å²) in [7, 11) is 0. The zero-order valence-corrected chi connectivity index (χ0v) is 14.2. The van der Waals surface area contributed by atoms with Crippen LogP contribution in [0.2, 0.25) is 0 Å². The maximum Gasteiger partial charge on any atom is 0.277 e. The van der Waals surface area contributed by atoms with Crippen molar-refractivity contribution in [3.63, 3.8) is 0 Å². The first-order chi connectivity index (χ1) is 12.1. The number of rotatable bonds is 6. The second-order valence-electron chi connectivity index (χ2n) is 5.92. The molecule has 2 aromatic carbocycles. The Kier molecular flexibility index (Phi) is 5.18. The lowest BCUT2D eigenvalue weighted by molar-refractivity contribution is -0.123. The van der Waals surface area contributed by atoms with E-state index in [1.165, 1.54) is 11.8 Å². The third-order valence-corrected chi connectivity index (χ3v) is 3.72. The van der Waals surface area contributed by atoms with E-state index < -0.39 is 0 Å². The Morgan fingerprint density at radius 1 is 1.20 bits per heavy atom. The van der Waals surface area contributed by atoms with E-state index in [-0.39, 0.29) is 19.3 Å². The molecule has 1 heterocycles. The van der Waals surface area contributed by atoms with E-state index in [4.69, 9.17) is 14.2 Å². The van der Waals surface area contributed by atoms with E-state index in [2.05, 4.69) is 24.4 Å². The lowest BCUT2D eigenvalue weighted by Crippen LogP contribution is -2.24. The molecule has 3 rings (SSSR count). The van der Waals surface area contributed by atoms with Crippen molar-refractivity contribution < 1.29 is 19.0 Å². The predicted octanol–water partition coefficient (Wildman–Crippen LogP) is 3.07. The Morgan fingerprint density at radius 3 is 2.72 bits per heavy atom. The zero-order valence-electron chi connectivity index (χ0n) is 14.2. The van der Waals surface area contributed by atoms with Crippen LogP contribution in [-0.2, 0) is 4.79 Å². The van der Waals surface area contributed by atoms with Crippen LogP contribution < -0.4 is 19.6 Å². The number of fused-ring (bicyclic) bond motifs is 1. The number of carbonyl (C=O) groups excluding carboxylic acids is 1. The van der Waals surface area contributed by atoms with E-state index in [1.807, 2.05) is 30.3 Å². The van der Waals surface area contributed by atoms with Crippen LogP contribution >= 0.6 is 0 Å². The van der Waals surface area contributed by atoms with Gasteiger partial charge in [-0.05, 0) is 47.4 Å². The third kappa shape index (κ3) is 4.50. The fourth-order valence-electron chi connectivity index (χ4n) is 2.30. The molecular weight excluding hydrogens is 320 g/mol. The summed E-state index contributed by atoms with van der Waals surface area (Å²) in [6, 6.07) is 13.1. The fourth-order valence-corrected chi connectivity index (χ4v) is 2.30. The molecule has 1 amide bonds. The molecule has 2 aromatic rings. The maximum absolute atomic E-state index is 11.8. The number of ether oxygens (including phenoxy) is 3. The SMILES string of the molecule is CC(C)c1ccc(OCC(=O)N/N=C\c2ccc3c(c2)OCO3)cc1. The highest BCUT2D eigenvalue weighted by atomic mass is 16.7. The molecule has 0 aliphatic carbocycles. The molecule has 1 aliphatic heterocycles. The molecule has 25 heavy (non-hydrogen) atoms. The largest absolute Gasteiger partial charge is 0.484 e. The number of hydrogen-bond acceptors (Lipinski definition) is 5. The first-order valence-electron chi connectivity index (χ1n) is 8.06. The van der Waals surface area contributed by atoms with Crippen LogP contribution in [-0.4, -0.2) is 25.5 Å². The molecule has 6 heteroatoms. The molecule has 0 bridgehead atoms. The van der Waals surface area contributed by atoms with Crippen LogP contribution in [0.5, 0.6) is 17.2 Å². The van der Waals surface area contributed by atoms with Crippen molar-refractivity contribution in [2.24, 2.45) is 5.10 Å². The van der Waals surface area contributed by atoms with Crippen molar-refractivity contribution in [2.45, 2.75) is 19.8 Å². The molecule has 0 saturated heterocycles. The van der Waals surface area contributed by atoms with Gasteiger partial charge in [0.2, 0.25) is 6.79 Å². The first-order valence-corrected chi connectivity index (χ1v) is 8.06. The van der Waals surface area contributed by atoms with Crippen molar-refractivity contribution in [1.82, 2.24) is 5.43 Å². The third-order valence-electron chi connectivity index (χ3n) is 3.72. The second-order valence-corrected chi connectivity index (χ2v) is 5.92. The van der Waals surface area contributed by atoms with Gasteiger partial charge >= 0.3 is 0 Å². The van der Waals surface area contributed by atoms with Crippen LogP contribution in [0.15, 0.2) is 47.6 Å². The first kappa shape index (κ1) is 16.8. The molecule has 130 valence electrons. The van der Waals surface area contributed by atoms with Gasteiger partial charge in [-0.25, -0.2) is 5.43 Å². The number of carbonyl (C=O) groups is 1. The molecule has 1 N–H and O–H groups in total. The summed E-state index contributed by atoms with van der Waals surface area (Å²) in [5.41, 5.74) is 4.46. The topological polar surface area (TPSA) is 69.2 Å². The van der Waals surface area contributed by atoms with Gasteiger partial charge in [-0.1, -0.05) is 26.0 Å². The quantitative estimate of drug-likeness (QED) is 0.648. The predicted molar refractivity (Wildman–Crippen MR) is 94.3 cm³/mol. The van der Waals surface area contributed by atoms with Gasteiger partial charge < -0.3 is 14.2 Å². The number of benzene rings is 2. The van der Waals surface area contributed by atoms with Crippen molar-refractivity contribution in [3.8, 4) is 17.2 Å². The normalized spacial score (nSPS) is 12.6. The Bertz CT molecular complexity index is 769. The Labute approximate surface area is 146 Å². The molecule has 1 aliphatic rings. The van der Waals surface area contributed by atoms with E-state index in [1.54, 1.807) is 12.1 Å². The van der Waals surface area contributed by atoms with Crippen LogP contribution in [0.3, 0.4) is 0 Å². The summed E-state index contributed by atoms with van der Waals surface area (Å²) in [5, 5.41) is 3.92. The van der Waals surface area contributed by atoms with Crippen LogP contribution in [0.1, 0.15) is 30.9 Å². The molecule has 0 unspecified atom stereocenters. The minimum absolute atomic E-state index is 0.0977. The fraction of sp³-hybridized carbons (Fsp3) is 0.263. The molecule has 0 spiro atoms. The van der Waals surface area contributed by atoms with E-state index in [0.717, 1.165) is 5.56 Å². The lowest BCUT2D eigenvalue weighted by atomic mass is 10.0. The van der Waals surface area contributed by atoms with Gasteiger partial charge in [0.1, 0.15) is 5.75 Å². The average Bonchev–Trinajstić information content (AvgIpc) is 3.08. The summed E-state index contributed by atoms with van der Waals surface area (Å²) in [5.74, 6) is 2.16. The summed E-state index contributed by atoms with van der Waals surface area (Å²) < 4.78 is 16.0. The van der Waals surface area contributed by atoms with Gasteiger partial charge in [0.25, 0.3) is 5.91 Å².